The number of hydrogen-bond donors (Lipinski definition) is 1. The van der Waals surface area contributed by atoms with Crippen LogP contribution in [0.4, 0.5) is 10.1 Å². The van der Waals surface area contributed by atoms with Gasteiger partial charge in [0.05, 0.1) is 5.69 Å². The molecule has 0 saturated carbocycles. The molecule has 110 valence electrons. The van der Waals surface area contributed by atoms with Gasteiger partial charge in [-0.05, 0) is 36.4 Å². The van der Waals surface area contributed by atoms with E-state index in [1.165, 1.54) is 30.4 Å². The number of benzene rings is 2. The Kier molecular flexibility index (Phi) is 3.94. The number of hydrogen-bond acceptors (Lipinski definition) is 2. The summed E-state index contributed by atoms with van der Waals surface area (Å²) in [7, 11) is 0. The molecule has 0 aliphatic heterocycles. The summed E-state index contributed by atoms with van der Waals surface area (Å²) in [5.41, 5.74) is 0.773. The number of rotatable bonds is 3. The van der Waals surface area contributed by atoms with Crippen molar-refractivity contribution < 1.29 is 13.6 Å². The molecule has 0 atom stereocenters. The van der Waals surface area contributed by atoms with Crippen LogP contribution in [0.15, 0.2) is 59.0 Å². The number of fused-ring (bicyclic) bond motifs is 1. The molecular formula is C17H11ClFNO2. The molecule has 3 rings (SSSR count). The van der Waals surface area contributed by atoms with Gasteiger partial charge in [-0.1, -0.05) is 29.8 Å². The van der Waals surface area contributed by atoms with Gasteiger partial charge in [-0.3, -0.25) is 4.79 Å². The Balaban J connectivity index is 1.74. The second kappa shape index (κ2) is 6.03. The fourth-order valence-corrected chi connectivity index (χ4v) is 2.18. The van der Waals surface area contributed by atoms with Crippen molar-refractivity contribution in [3.05, 3.63) is 71.2 Å². The molecule has 22 heavy (non-hydrogen) atoms. The molecule has 3 nitrogen and oxygen atoms in total. The minimum Gasteiger partial charge on any atom is -0.457 e. The van der Waals surface area contributed by atoms with Crippen LogP contribution in [0.25, 0.3) is 17.0 Å². The summed E-state index contributed by atoms with van der Waals surface area (Å²) in [5, 5.41) is 3.72. The number of anilines is 1. The predicted molar refractivity (Wildman–Crippen MR) is 85.3 cm³/mol. The second-order valence-electron chi connectivity index (χ2n) is 4.63. The lowest BCUT2D eigenvalue weighted by Gasteiger charge is -2.03. The third-order valence-electron chi connectivity index (χ3n) is 3.03. The van der Waals surface area contributed by atoms with Gasteiger partial charge in [0.25, 0.3) is 0 Å². The molecule has 0 aliphatic carbocycles. The van der Waals surface area contributed by atoms with Crippen molar-refractivity contribution in [1.82, 2.24) is 0 Å². The summed E-state index contributed by atoms with van der Waals surface area (Å²) in [6, 6.07) is 13.3. The van der Waals surface area contributed by atoms with Gasteiger partial charge in [0.2, 0.25) is 5.91 Å². The zero-order valence-electron chi connectivity index (χ0n) is 11.3. The number of carbonyl (C=O) groups is 1. The van der Waals surface area contributed by atoms with Gasteiger partial charge >= 0.3 is 0 Å². The Morgan fingerprint density at radius 2 is 2.00 bits per heavy atom. The molecule has 0 fully saturated rings. The third-order valence-corrected chi connectivity index (χ3v) is 3.26. The van der Waals surface area contributed by atoms with E-state index in [1.807, 2.05) is 30.3 Å². The van der Waals surface area contributed by atoms with Crippen LogP contribution in [0.3, 0.4) is 0 Å². The molecule has 0 bridgehead atoms. The molecule has 0 spiro atoms. The summed E-state index contributed by atoms with van der Waals surface area (Å²) in [4.78, 5) is 11.8. The van der Waals surface area contributed by atoms with E-state index in [2.05, 4.69) is 5.32 Å². The van der Waals surface area contributed by atoms with E-state index >= 15 is 0 Å². The Morgan fingerprint density at radius 1 is 1.18 bits per heavy atom. The third kappa shape index (κ3) is 3.18. The maximum atomic E-state index is 13.5. The van der Waals surface area contributed by atoms with Crippen molar-refractivity contribution in [3.63, 3.8) is 0 Å². The minimum atomic E-state index is -0.546. The highest BCUT2D eigenvalue weighted by molar-refractivity contribution is 6.31. The number of furan rings is 1. The largest absolute Gasteiger partial charge is 0.457 e. The van der Waals surface area contributed by atoms with Crippen LogP contribution in [-0.2, 0) is 4.79 Å². The fourth-order valence-electron chi connectivity index (χ4n) is 2.01. The van der Waals surface area contributed by atoms with Crippen molar-refractivity contribution in [3.8, 4) is 0 Å². The highest BCUT2D eigenvalue weighted by Crippen LogP contribution is 2.21. The van der Waals surface area contributed by atoms with Crippen LogP contribution < -0.4 is 5.32 Å². The lowest BCUT2D eigenvalue weighted by molar-refractivity contribution is -0.111. The van der Waals surface area contributed by atoms with Gasteiger partial charge in [-0.15, -0.1) is 0 Å². The lowest BCUT2D eigenvalue weighted by Crippen LogP contribution is -2.09. The van der Waals surface area contributed by atoms with Crippen LogP contribution in [0.5, 0.6) is 0 Å². The molecule has 5 heteroatoms. The standard InChI is InChI=1S/C17H11ClFNO2/c18-12-5-7-14(19)15(10-12)20-17(21)8-6-13-9-11-3-1-2-4-16(11)22-13/h1-10H,(H,20,21)/b8-6+. The van der Waals surface area contributed by atoms with E-state index in [1.54, 1.807) is 0 Å². The molecule has 1 heterocycles. The summed E-state index contributed by atoms with van der Waals surface area (Å²) >= 11 is 5.77. The van der Waals surface area contributed by atoms with Crippen molar-refractivity contribution in [1.29, 1.82) is 0 Å². The number of nitrogens with one attached hydrogen (secondary N) is 1. The Bertz CT molecular complexity index is 837. The molecule has 0 aliphatic rings. The van der Waals surface area contributed by atoms with Gasteiger partial charge in [0.1, 0.15) is 17.2 Å². The van der Waals surface area contributed by atoms with Crippen molar-refractivity contribution >= 4 is 40.2 Å². The van der Waals surface area contributed by atoms with E-state index in [4.69, 9.17) is 16.0 Å². The normalized spacial score (nSPS) is 11.2. The zero-order valence-corrected chi connectivity index (χ0v) is 12.1. The highest BCUT2D eigenvalue weighted by Gasteiger charge is 2.06. The first-order chi connectivity index (χ1) is 10.6. The number of amides is 1. The maximum absolute atomic E-state index is 13.5. The first-order valence-electron chi connectivity index (χ1n) is 6.54. The van der Waals surface area contributed by atoms with E-state index in [-0.39, 0.29) is 5.69 Å². The van der Waals surface area contributed by atoms with Crippen molar-refractivity contribution in [2.75, 3.05) is 5.32 Å². The van der Waals surface area contributed by atoms with E-state index < -0.39 is 11.7 Å². The zero-order chi connectivity index (χ0) is 15.5. The first-order valence-corrected chi connectivity index (χ1v) is 6.92. The molecule has 0 unspecified atom stereocenters. The summed E-state index contributed by atoms with van der Waals surface area (Å²) in [5.74, 6) is -0.473. The van der Waals surface area contributed by atoms with E-state index in [0.717, 1.165) is 11.0 Å². The average molecular weight is 316 g/mol. The second-order valence-corrected chi connectivity index (χ2v) is 5.07. The van der Waals surface area contributed by atoms with Gasteiger partial charge < -0.3 is 9.73 Å². The van der Waals surface area contributed by atoms with Crippen LogP contribution in [0.1, 0.15) is 5.76 Å². The number of para-hydroxylation sites is 1. The lowest BCUT2D eigenvalue weighted by atomic mass is 10.2. The predicted octanol–water partition coefficient (Wildman–Crippen LogP) is 4.88. The highest BCUT2D eigenvalue weighted by atomic mass is 35.5. The summed E-state index contributed by atoms with van der Waals surface area (Å²) in [6.45, 7) is 0. The smallest absolute Gasteiger partial charge is 0.248 e. The van der Waals surface area contributed by atoms with Crippen molar-refractivity contribution in [2.45, 2.75) is 0 Å². The van der Waals surface area contributed by atoms with Crippen LogP contribution in [0.2, 0.25) is 5.02 Å². The van der Waals surface area contributed by atoms with Gasteiger partial charge in [0, 0.05) is 16.5 Å². The Hall–Kier alpha value is -2.59. The molecule has 0 radical (unpaired) electrons. The minimum absolute atomic E-state index is 0.0340. The van der Waals surface area contributed by atoms with Crippen LogP contribution in [0, 0.1) is 5.82 Å². The molecule has 1 amide bonds. The van der Waals surface area contributed by atoms with Crippen LogP contribution in [-0.4, -0.2) is 5.91 Å². The SMILES string of the molecule is O=C(/C=C/c1cc2ccccc2o1)Nc1cc(Cl)ccc1F. The van der Waals surface area contributed by atoms with E-state index in [9.17, 15) is 9.18 Å². The first kappa shape index (κ1) is 14.4. The average Bonchev–Trinajstić information content (AvgIpc) is 2.92. The van der Waals surface area contributed by atoms with Crippen molar-refractivity contribution in [2.24, 2.45) is 0 Å². The van der Waals surface area contributed by atoms with Gasteiger partial charge in [-0.2, -0.15) is 0 Å². The quantitative estimate of drug-likeness (QED) is 0.700. The number of carbonyl (C=O) groups excluding carboxylic acids is 1. The topological polar surface area (TPSA) is 42.2 Å². The monoisotopic (exact) mass is 315 g/mol. The molecule has 1 aromatic heterocycles. The van der Waals surface area contributed by atoms with Gasteiger partial charge in [0.15, 0.2) is 0 Å². The van der Waals surface area contributed by atoms with Crippen LogP contribution >= 0.6 is 11.6 Å². The number of halogens is 2. The molecule has 1 N–H and O–H groups in total. The maximum Gasteiger partial charge on any atom is 0.248 e. The molecule has 3 aromatic rings. The summed E-state index contributed by atoms with van der Waals surface area (Å²) < 4.78 is 19.1. The fraction of sp³-hybridized carbons (Fsp3) is 0. The Morgan fingerprint density at radius 3 is 2.82 bits per heavy atom. The molecule has 0 saturated heterocycles. The Labute approximate surface area is 131 Å². The summed E-state index contributed by atoms with van der Waals surface area (Å²) in [6.07, 6.45) is 2.80. The molecular weight excluding hydrogens is 305 g/mol. The van der Waals surface area contributed by atoms with Gasteiger partial charge in [-0.25, -0.2) is 4.39 Å². The van der Waals surface area contributed by atoms with E-state index in [0.29, 0.717) is 10.8 Å². The molecule has 2 aromatic carbocycles.